The van der Waals surface area contributed by atoms with Crippen molar-refractivity contribution >= 4 is 10.2 Å². The number of aryl methyl sites for hydroxylation is 2. The van der Waals surface area contributed by atoms with Crippen LogP contribution in [-0.2, 0) is 22.5 Å². The van der Waals surface area contributed by atoms with Crippen LogP contribution in [0.2, 0.25) is 0 Å². The third-order valence-electron chi connectivity index (χ3n) is 2.37. The summed E-state index contributed by atoms with van der Waals surface area (Å²) in [5, 5.41) is 4.15. The molecule has 0 saturated heterocycles. The van der Waals surface area contributed by atoms with Crippen LogP contribution in [0.1, 0.15) is 37.4 Å². The standard InChI is InChI=1S/C10H17FN2O2S/c1-3-4-5-6-13-7-10(9(2)12-13)8-16(11,14)15/h7H,3-6,8H2,1-2H3. The van der Waals surface area contributed by atoms with Gasteiger partial charge >= 0.3 is 10.2 Å². The minimum absolute atomic E-state index is 0.444. The molecule has 16 heavy (non-hydrogen) atoms. The van der Waals surface area contributed by atoms with E-state index < -0.39 is 16.0 Å². The Morgan fingerprint density at radius 2 is 2.12 bits per heavy atom. The van der Waals surface area contributed by atoms with Crippen LogP contribution >= 0.6 is 0 Å². The number of hydrogen-bond donors (Lipinski definition) is 0. The zero-order valence-corrected chi connectivity index (χ0v) is 10.4. The Kier molecular flexibility index (Phi) is 4.46. The molecular weight excluding hydrogens is 231 g/mol. The van der Waals surface area contributed by atoms with E-state index in [0.717, 1.165) is 25.8 Å². The van der Waals surface area contributed by atoms with Crippen molar-refractivity contribution in [3.8, 4) is 0 Å². The van der Waals surface area contributed by atoms with Gasteiger partial charge in [0.05, 0.1) is 5.69 Å². The summed E-state index contributed by atoms with van der Waals surface area (Å²) in [6.45, 7) is 4.55. The number of aromatic nitrogens is 2. The summed E-state index contributed by atoms with van der Waals surface area (Å²) < 4.78 is 35.2. The predicted octanol–water partition coefficient (Wildman–Crippen LogP) is 2.18. The van der Waals surface area contributed by atoms with Gasteiger partial charge in [-0.05, 0) is 13.3 Å². The van der Waals surface area contributed by atoms with Gasteiger partial charge in [0.25, 0.3) is 0 Å². The highest BCUT2D eigenvalue weighted by Crippen LogP contribution is 2.12. The first kappa shape index (κ1) is 13.2. The van der Waals surface area contributed by atoms with Crippen molar-refractivity contribution in [2.45, 2.75) is 45.4 Å². The molecule has 0 aliphatic carbocycles. The van der Waals surface area contributed by atoms with Crippen molar-refractivity contribution in [3.63, 3.8) is 0 Å². The summed E-state index contributed by atoms with van der Waals surface area (Å²) in [6, 6.07) is 0. The SMILES string of the molecule is CCCCCn1cc(CS(=O)(=O)F)c(C)n1. The third-order valence-corrected chi connectivity index (χ3v) is 3.02. The molecule has 0 aliphatic heterocycles. The fraction of sp³-hybridized carbons (Fsp3) is 0.700. The molecule has 0 spiro atoms. The first-order chi connectivity index (χ1) is 7.42. The quantitative estimate of drug-likeness (QED) is 0.572. The summed E-state index contributed by atoms with van der Waals surface area (Å²) in [6.07, 6.45) is 4.84. The van der Waals surface area contributed by atoms with Crippen LogP contribution < -0.4 is 0 Å². The van der Waals surface area contributed by atoms with Gasteiger partial charge in [0.2, 0.25) is 0 Å². The zero-order valence-electron chi connectivity index (χ0n) is 9.61. The first-order valence-corrected chi connectivity index (χ1v) is 6.93. The minimum Gasteiger partial charge on any atom is -0.272 e. The maximum Gasteiger partial charge on any atom is 0.306 e. The van der Waals surface area contributed by atoms with E-state index in [1.807, 2.05) is 0 Å². The molecule has 1 aromatic rings. The van der Waals surface area contributed by atoms with Crippen LogP contribution in [0.25, 0.3) is 0 Å². The Morgan fingerprint density at radius 1 is 1.44 bits per heavy atom. The van der Waals surface area contributed by atoms with Crippen LogP contribution in [0.4, 0.5) is 3.89 Å². The van der Waals surface area contributed by atoms with E-state index in [2.05, 4.69) is 12.0 Å². The van der Waals surface area contributed by atoms with Crippen molar-refractivity contribution in [1.82, 2.24) is 9.78 Å². The summed E-state index contributed by atoms with van der Waals surface area (Å²) in [7, 11) is -4.46. The summed E-state index contributed by atoms with van der Waals surface area (Å²) in [5.74, 6) is -0.577. The lowest BCUT2D eigenvalue weighted by molar-refractivity contribution is 0.548. The van der Waals surface area contributed by atoms with Crippen LogP contribution in [-0.4, -0.2) is 18.2 Å². The molecule has 0 aliphatic rings. The molecule has 0 amide bonds. The monoisotopic (exact) mass is 248 g/mol. The van der Waals surface area contributed by atoms with E-state index in [1.165, 1.54) is 0 Å². The fourth-order valence-electron chi connectivity index (χ4n) is 1.52. The normalized spacial score (nSPS) is 11.9. The molecule has 1 heterocycles. The highest BCUT2D eigenvalue weighted by Gasteiger charge is 2.13. The van der Waals surface area contributed by atoms with Crippen molar-refractivity contribution in [1.29, 1.82) is 0 Å². The number of rotatable bonds is 6. The van der Waals surface area contributed by atoms with Crippen LogP contribution in [0.3, 0.4) is 0 Å². The molecule has 0 atom stereocenters. The molecule has 6 heteroatoms. The van der Waals surface area contributed by atoms with Gasteiger partial charge < -0.3 is 0 Å². The molecule has 92 valence electrons. The van der Waals surface area contributed by atoms with Gasteiger partial charge in [-0.1, -0.05) is 19.8 Å². The van der Waals surface area contributed by atoms with E-state index in [-0.39, 0.29) is 0 Å². The Balaban J connectivity index is 2.66. The lowest BCUT2D eigenvalue weighted by Gasteiger charge is -1.98. The second-order valence-corrected chi connectivity index (χ2v) is 5.26. The van der Waals surface area contributed by atoms with Crippen LogP contribution in [0.5, 0.6) is 0 Å². The van der Waals surface area contributed by atoms with E-state index in [1.54, 1.807) is 17.8 Å². The lowest BCUT2D eigenvalue weighted by Crippen LogP contribution is -1.98. The number of hydrogen-bond acceptors (Lipinski definition) is 3. The third kappa shape index (κ3) is 4.30. The maximum atomic E-state index is 12.5. The molecule has 4 nitrogen and oxygen atoms in total. The molecule has 1 rings (SSSR count). The van der Waals surface area contributed by atoms with E-state index in [4.69, 9.17) is 0 Å². The van der Waals surface area contributed by atoms with E-state index >= 15 is 0 Å². The van der Waals surface area contributed by atoms with Crippen molar-refractivity contribution in [2.75, 3.05) is 0 Å². The Labute approximate surface area is 95.7 Å². The maximum absolute atomic E-state index is 12.5. The van der Waals surface area contributed by atoms with E-state index in [0.29, 0.717) is 11.3 Å². The highest BCUT2D eigenvalue weighted by atomic mass is 32.3. The summed E-state index contributed by atoms with van der Waals surface area (Å²) >= 11 is 0. The minimum atomic E-state index is -4.46. The molecule has 0 radical (unpaired) electrons. The average molecular weight is 248 g/mol. The van der Waals surface area contributed by atoms with E-state index in [9.17, 15) is 12.3 Å². The molecular formula is C10H17FN2O2S. The van der Waals surface area contributed by atoms with Gasteiger partial charge in [0.1, 0.15) is 5.75 Å². The topological polar surface area (TPSA) is 52.0 Å². The molecule has 0 N–H and O–H groups in total. The van der Waals surface area contributed by atoms with Crippen LogP contribution in [0, 0.1) is 6.92 Å². The molecule has 0 bridgehead atoms. The largest absolute Gasteiger partial charge is 0.306 e. The Morgan fingerprint density at radius 3 is 2.69 bits per heavy atom. The van der Waals surface area contributed by atoms with Crippen molar-refractivity contribution < 1.29 is 12.3 Å². The molecule has 0 unspecified atom stereocenters. The molecule has 1 aromatic heterocycles. The Bertz CT molecular complexity index is 440. The molecule has 0 aromatic carbocycles. The van der Waals surface area contributed by atoms with Crippen LogP contribution in [0.15, 0.2) is 6.20 Å². The number of unbranched alkanes of at least 4 members (excludes halogenated alkanes) is 2. The number of halogens is 1. The van der Waals surface area contributed by atoms with Crippen molar-refractivity contribution in [2.24, 2.45) is 0 Å². The van der Waals surface area contributed by atoms with Gasteiger partial charge in [0.15, 0.2) is 0 Å². The smallest absolute Gasteiger partial charge is 0.272 e. The number of nitrogens with zero attached hydrogens (tertiary/aromatic N) is 2. The van der Waals surface area contributed by atoms with Gasteiger partial charge in [0, 0.05) is 18.3 Å². The van der Waals surface area contributed by atoms with Gasteiger partial charge in [-0.3, -0.25) is 4.68 Å². The molecule has 0 saturated carbocycles. The van der Waals surface area contributed by atoms with Gasteiger partial charge in [-0.25, -0.2) is 0 Å². The second-order valence-electron chi connectivity index (χ2n) is 3.89. The average Bonchev–Trinajstić information content (AvgIpc) is 2.45. The summed E-state index contributed by atoms with van der Waals surface area (Å²) in [4.78, 5) is 0. The Hall–Kier alpha value is -0.910. The molecule has 0 fully saturated rings. The zero-order chi connectivity index (χ0) is 12.2. The van der Waals surface area contributed by atoms with Gasteiger partial charge in [-0.15, -0.1) is 3.89 Å². The second kappa shape index (κ2) is 5.43. The fourth-order valence-corrected chi connectivity index (χ4v) is 2.18. The highest BCUT2D eigenvalue weighted by molar-refractivity contribution is 7.85. The lowest BCUT2D eigenvalue weighted by atomic mass is 10.2. The summed E-state index contributed by atoms with van der Waals surface area (Å²) in [5.41, 5.74) is 1.02. The van der Waals surface area contributed by atoms with Gasteiger partial charge in [-0.2, -0.15) is 13.5 Å². The predicted molar refractivity (Wildman–Crippen MR) is 60.2 cm³/mol. The van der Waals surface area contributed by atoms with Crippen molar-refractivity contribution in [3.05, 3.63) is 17.5 Å². The first-order valence-electron chi connectivity index (χ1n) is 5.37.